The summed E-state index contributed by atoms with van der Waals surface area (Å²) in [5, 5.41) is 8.97. The van der Waals surface area contributed by atoms with E-state index in [0.717, 1.165) is 13.1 Å². The van der Waals surface area contributed by atoms with E-state index in [9.17, 15) is 23.2 Å². The molecule has 0 aliphatic carbocycles. The number of aromatic nitrogens is 2. The Balaban J connectivity index is 1.22. The van der Waals surface area contributed by atoms with Gasteiger partial charge in [0, 0.05) is 50.4 Å². The Morgan fingerprint density at radius 3 is 2.46 bits per heavy atom. The number of likely N-dealkylation sites (tertiary alicyclic amines) is 1. The van der Waals surface area contributed by atoms with E-state index in [4.69, 9.17) is 16.3 Å². The van der Waals surface area contributed by atoms with Crippen molar-refractivity contribution in [2.75, 3.05) is 38.6 Å². The fraction of sp³-hybridized carbons (Fsp3) is 0.357. The largest absolute Gasteiger partial charge is 0.494 e. The van der Waals surface area contributed by atoms with Gasteiger partial charge in [-0.25, -0.2) is 9.37 Å². The average molecular weight is 587 g/mol. The monoisotopic (exact) mass is 586 g/mol. The first-order valence-corrected chi connectivity index (χ1v) is 13.5. The second kappa shape index (κ2) is 11.8. The summed E-state index contributed by atoms with van der Waals surface area (Å²) >= 11 is 6.43. The topological polar surface area (TPSA) is 118 Å². The first-order valence-electron chi connectivity index (χ1n) is 13.1. The minimum atomic E-state index is -1.14. The van der Waals surface area contributed by atoms with Gasteiger partial charge in [0.25, 0.3) is 11.8 Å². The predicted octanol–water partition coefficient (Wildman–Crippen LogP) is 3.22. The SMILES string of the molecule is COc1ccc(-c2cnc(C(=O)Nc3ccc(C(=O)N4CCC(C(=O)NC5CNC5)CC4)c(Cl)c3)n2C)c(F)c1F. The van der Waals surface area contributed by atoms with Gasteiger partial charge in [-0.05, 0) is 43.2 Å². The smallest absolute Gasteiger partial charge is 0.291 e. The van der Waals surface area contributed by atoms with Crippen molar-refractivity contribution >= 4 is 35.0 Å². The molecule has 3 N–H and O–H groups in total. The molecular formula is C28H29ClF2N6O4. The number of hydrogen-bond donors (Lipinski definition) is 3. The van der Waals surface area contributed by atoms with Gasteiger partial charge in [0.1, 0.15) is 0 Å². The zero-order valence-corrected chi connectivity index (χ0v) is 23.2. The van der Waals surface area contributed by atoms with Crippen LogP contribution in [0.1, 0.15) is 33.8 Å². The van der Waals surface area contributed by atoms with Gasteiger partial charge in [0.2, 0.25) is 11.7 Å². The highest BCUT2D eigenvalue weighted by atomic mass is 35.5. The molecule has 0 atom stereocenters. The van der Waals surface area contributed by atoms with Gasteiger partial charge in [-0.15, -0.1) is 0 Å². The lowest BCUT2D eigenvalue weighted by atomic mass is 9.94. The molecule has 5 rings (SSSR count). The van der Waals surface area contributed by atoms with Crippen LogP contribution in [0.4, 0.5) is 14.5 Å². The number of hydrogen-bond acceptors (Lipinski definition) is 6. The van der Waals surface area contributed by atoms with Crippen LogP contribution < -0.4 is 20.7 Å². The van der Waals surface area contributed by atoms with Crippen molar-refractivity contribution in [3.05, 3.63) is 64.6 Å². The number of methoxy groups -OCH3 is 1. The van der Waals surface area contributed by atoms with E-state index < -0.39 is 17.5 Å². The summed E-state index contributed by atoms with van der Waals surface area (Å²) in [4.78, 5) is 44.3. The molecule has 216 valence electrons. The van der Waals surface area contributed by atoms with Gasteiger partial charge in [0.05, 0.1) is 35.6 Å². The number of ether oxygens (including phenoxy) is 1. The van der Waals surface area contributed by atoms with E-state index >= 15 is 0 Å². The first kappa shape index (κ1) is 28.5. The molecule has 3 amide bonds. The fourth-order valence-electron chi connectivity index (χ4n) is 4.94. The Kier molecular flexibility index (Phi) is 8.22. The van der Waals surface area contributed by atoms with Crippen LogP contribution in [0.2, 0.25) is 5.02 Å². The van der Waals surface area contributed by atoms with E-state index in [-0.39, 0.29) is 57.2 Å². The van der Waals surface area contributed by atoms with Crippen LogP contribution in [0.15, 0.2) is 36.5 Å². The lowest BCUT2D eigenvalue weighted by Gasteiger charge is -2.34. The molecule has 2 aliphatic rings. The quantitative estimate of drug-likeness (QED) is 0.391. The van der Waals surface area contributed by atoms with Crippen LogP contribution in [0.25, 0.3) is 11.3 Å². The fourth-order valence-corrected chi connectivity index (χ4v) is 5.20. The minimum Gasteiger partial charge on any atom is -0.494 e. The lowest BCUT2D eigenvalue weighted by molar-refractivity contribution is -0.127. The third-order valence-electron chi connectivity index (χ3n) is 7.47. The van der Waals surface area contributed by atoms with Crippen molar-refractivity contribution in [1.29, 1.82) is 0 Å². The number of carbonyl (C=O) groups excluding carboxylic acids is 3. The second-order valence-electron chi connectivity index (χ2n) is 10.0. The molecule has 0 unspecified atom stereocenters. The lowest BCUT2D eigenvalue weighted by Crippen LogP contribution is -2.58. The Morgan fingerprint density at radius 2 is 1.83 bits per heavy atom. The molecule has 2 aliphatic heterocycles. The van der Waals surface area contributed by atoms with E-state index in [1.54, 1.807) is 11.0 Å². The molecule has 3 heterocycles. The zero-order chi connectivity index (χ0) is 29.3. The van der Waals surface area contributed by atoms with Gasteiger partial charge < -0.3 is 30.2 Å². The maximum atomic E-state index is 14.6. The number of anilines is 1. The van der Waals surface area contributed by atoms with Crippen molar-refractivity contribution in [3.8, 4) is 17.0 Å². The molecule has 2 fully saturated rings. The molecule has 3 aromatic rings. The van der Waals surface area contributed by atoms with Gasteiger partial charge in [0.15, 0.2) is 17.4 Å². The standard InChI is InChI=1S/C28H29ClF2N6O4/c1-36-21(19-5-6-22(41-2)24(31)23(19)30)14-33-25(36)27(39)34-16-3-4-18(20(29)11-16)28(40)37-9-7-15(8-10-37)26(38)35-17-12-32-13-17/h3-6,11,14-15,17,32H,7-10,12-13H2,1-2H3,(H,34,39)(H,35,38). The summed E-state index contributed by atoms with van der Waals surface area (Å²) in [6, 6.07) is 7.35. The van der Waals surface area contributed by atoms with Crippen molar-refractivity contribution in [2.45, 2.75) is 18.9 Å². The van der Waals surface area contributed by atoms with Crippen LogP contribution in [-0.2, 0) is 11.8 Å². The highest BCUT2D eigenvalue weighted by molar-refractivity contribution is 6.34. The molecule has 0 bridgehead atoms. The van der Waals surface area contributed by atoms with E-state index in [0.29, 0.717) is 31.6 Å². The summed E-state index contributed by atoms with van der Waals surface area (Å²) in [6.45, 7) is 2.45. The number of rotatable bonds is 7. The Labute approximate surface area is 240 Å². The van der Waals surface area contributed by atoms with Gasteiger partial charge in [-0.3, -0.25) is 14.4 Å². The number of imidazole rings is 1. The van der Waals surface area contributed by atoms with Crippen molar-refractivity contribution in [3.63, 3.8) is 0 Å². The van der Waals surface area contributed by atoms with Gasteiger partial charge in [-0.2, -0.15) is 4.39 Å². The zero-order valence-electron chi connectivity index (χ0n) is 22.5. The van der Waals surface area contributed by atoms with Crippen LogP contribution >= 0.6 is 11.6 Å². The number of halogens is 3. The number of amides is 3. The highest BCUT2D eigenvalue weighted by Gasteiger charge is 2.30. The number of carbonyl (C=O) groups is 3. The van der Waals surface area contributed by atoms with Crippen LogP contribution in [0, 0.1) is 17.6 Å². The predicted molar refractivity (Wildman–Crippen MR) is 148 cm³/mol. The van der Waals surface area contributed by atoms with E-state index in [2.05, 4.69) is 20.9 Å². The summed E-state index contributed by atoms with van der Waals surface area (Å²) in [7, 11) is 2.74. The van der Waals surface area contributed by atoms with Crippen LogP contribution in [0.5, 0.6) is 5.75 Å². The summed E-state index contributed by atoms with van der Waals surface area (Å²) in [5.41, 5.74) is 0.714. The number of nitrogens with one attached hydrogen (secondary N) is 3. The molecule has 2 aromatic carbocycles. The molecular weight excluding hydrogens is 558 g/mol. The molecule has 13 heteroatoms. The maximum absolute atomic E-state index is 14.6. The van der Waals surface area contributed by atoms with Gasteiger partial charge in [-0.1, -0.05) is 11.6 Å². The van der Waals surface area contributed by atoms with Gasteiger partial charge >= 0.3 is 0 Å². The summed E-state index contributed by atoms with van der Waals surface area (Å²) in [6.07, 6.45) is 2.41. The molecule has 10 nitrogen and oxygen atoms in total. The molecule has 0 radical (unpaired) electrons. The molecule has 41 heavy (non-hydrogen) atoms. The van der Waals surface area contributed by atoms with Crippen LogP contribution in [0.3, 0.4) is 0 Å². The number of benzene rings is 2. The second-order valence-corrected chi connectivity index (χ2v) is 10.5. The average Bonchev–Trinajstić information content (AvgIpc) is 3.33. The number of piperidine rings is 1. The molecule has 2 saturated heterocycles. The number of nitrogens with zero attached hydrogens (tertiary/aromatic N) is 3. The minimum absolute atomic E-state index is 0.0304. The van der Waals surface area contributed by atoms with E-state index in [1.165, 1.54) is 49.2 Å². The summed E-state index contributed by atoms with van der Waals surface area (Å²) in [5.74, 6) is -3.50. The highest BCUT2D eigenvalue weighted by Crippen LogP contribution is 2.30. The third kappa shape index (κ3) is 5.75. The molecule has 0 saturated carbocycles. The Bertz CT molecular complexity index is 1500. The van der Waals surface area contributed by atoms with Crippen molar-refractivity contribution in [2.24, 2.45) is 13.0 Å². The first-order chi connectivity index (χ1) is 19.7. The van der Waals surface area contributed by atoms with Crippen molar-refractivity contribution < 1.29 is 27.9 Å². The van der Waals surface area contributed by atoms with Crippen molar-refractivity contribution in [1.82, 2.24) is 25.1 Å². The Morgan fingerprint density at radius 1 is 1.10 bits per heavy atom. The van der Waals surface area contributed by atoms with Crippen LogP contribution in [-0.4, -0.2) is 71.5 Å². The maximum Gasteiger partial charge on any atom is 0.291 e. The van der Waals surface area contributed by atoms with E-state index in [1.807, 2.05) is 0 Å². The molecule has 1 aromatic heterocycles. The normalized spacial score (nSPS) is 15.8. The molecule has 0 spiro atoms. The Hall–Kier alpha value is -4.03. The third-order valence-corrected chi connectivity index (χ3v) is 7.78. The summed E-state index contributed by atoms with van der Waals surface area (Å²) < 4.78 is 35.0.